The van der Waals surface area contributed by atoms with Crippen molar-refractivity contribution in [2.24, 2.45) is 5.92 Å². The van der Waals surface area contributed by atoms with E-state index in [4.69, 9.17) is 4.74 Å². The number of H-pyrrole nitrogens is 1. The molecule has 0 aliphatic heterocycles. The van der Waals surface area contributed by atoms with E-state index < -0.39 is 6.10 Å². The minimum Gasteiger partial charge on any atom is -0.488 e. The number of aromatic amines is 1. The number of nitrogens with one attached hydrogen (secondary N) is 2. The Morgan fingerprint density at radius 1 is 1.25 bits per heavy atom. The minimum absolute atomic E-state index is 0.0195. The molecule has 1 fully saturated rings. The van der Waals surface area contributed by atoms with Crippen molar-refractivity contribution in [2.75, 3.05) is 12.8 Å². The second kappa shape index (κ2) is 8.31. The predicted octanol–water partition coefficient (Wildman–Crippen LogP) is 3.35. The van der Waals surface area contributed by atoms with Crippen LogP contribution in [0.15, 0.2) is 35.2 Å². The Hall–Kier alpha value is -1.76. The number of carbonyl (C=O) groups is 1. The summed E-state index contributed by atoms with van der Waals surface area (Å²) in [6, 6.07) is 9.90. The average molecular weight is 401 g/mol. The standard InChI is InChI=1S/C22H28N2O3S/c1-13-11-17-18(24-13)8-3-14(21(17)25)12-23-19-9-10-20(22(19)26)27-15-4-6-16(28-2)7-5-15/h4-7,11,14,19-20,22-24,26H,3,8-10,12H2,1-2H3. The van der Waals surface area contributed by atoms with Crippen molar-refractivity contribution in [2.45, 2.75) is 55.8 Å². The second-order valence-electron chi connectivity index (χ2n) is 7.86. The van der Waals surface area contributed by atoms with Gasteiger partial charge in [0.15, 0.2) is 5.78 Å². The minimum atomic E-state index is -0.566. The summed E-state index contributed by atoms with van der Waals surface area (Å²) in [6.45, 7) is 2.60. The zero-order chi connectivity index (χ0) is 19.7. The molecule has 0 bridgehead atoms. The Bertz CT molecular complexity index is 833. The summed E-state index contributed by atoms with van der Waals surface area (Å²) in [7, 11) is 0. The van der Waals surface area contributed by atoms with Gasteiger partial charge in [-0.15, -0.1) is 11.8 Å². The molecule has 1 aromatic carbocycles. The van der Waals surface area contributed by atoms with Crippen LogP contribution in [0.5, 0.6) is 5.75 Å². The zero-order valence-electron chi connectivity index (χ0n) is 16.4. The predicted molar refractivity (Wildman–Crippen MR) is 111 cm³/mol. The maximum atomic E-state index is 12.7. The Labute approximate surface area is 170 Å². The Kier molecular flexibility index (Phi) is 5.80. The van der Waals surface area contributed by atoms with Crippen molar-refractivity contribution in [3.05, 3.63) is 47.3 Å². The fourth-order valence-corrected chi connectivity index (χ4v) is 4.75. The van der Waals surface area contributed by atoms with Crippen LogP contribution >= 0.6 is 11.8 Å². The highest BCUT2D eigenvalue weighted by Crippen LogP contribution is 2.29. The van der Waals surface area contributed by atoms with E-state index in [1.54, 1.807) is 11.8 Å². The SMILES string of the molecule is CSc1ccc(OC2CCC(NCC3CCc4[nH]c(C)cc4C3=O)C2O)cc1. The number of benzene rings is 1. The van der Waals surface area contributed by atoms with Crippen LogP contribution in [0.4, 0.5) is 0 Å². The van der Waals surface area contributed by atoms with Gasteiger partial charge in [0.1, 0.15) is 18.0 Å². The lowest BCUT2D eigenvalue weighted by atomic mass is 9.86. The molecular weight excluding hydrogens is 372 g/mol. The first-order valence-corrected chi connectivity index (χ1v) is 11.2. The van der Waals surface area contributed by atoms with Gasteiger partial charge >= 0.3 is 0 Å². The summed E-state index contributed by atoms with van der Waals surface area (Å²) >= 11 is 1.69. The van der Waals surface area contributed by atoms with Gasteiger partial charge in [-0.25, -0.2) is 0 Å². The molecule has 2 aromatic rings. The number of Topliss-reactive ketones (excluding diaryl/α,β-unsaturated/α-hetero) is 1. The third-order valence-corrected chi connectivity index (χ3v) is 6.69. The molecular formula is C22H28N2O3S. The molecule has 1 aromatic heterocycles. The maximum absolute atomic E-state index is 12.7. The van der Waals surface area contributed by atoms with E-state index in [9.17, 15) is 9.90 Å². The van der Waals surface area contributed by atoms with E-state index in [1.165, 1.54) is 4.90 Å². The van der Waals surface area contributed by atoms with Crippen molar-refractivity contribution in [1.29, 1.82) is 0 Å². The fraction of sp³-hybridized carbons (Fsp3) is 0.500. The lowest BCUT2D eigenvalue weighted by molar-refractivity contribution is 0.0441. The van der Waals surface area contributed by atoms with Crippen molar-refractivity contribution in [1.82, 2.24) is 10.3 Å². The van der Waals surface area contributed by atoms with Crippen molar-refractivity contribution in [3.8, 4) is 5.75 Å². The van der Waals surface area contributed by atoms with Crippen LogP contribution in [0.25, 0.3) is 0 Å². The second-order valence-corrected chi connectivity index (χ2v) is 8.74. The number of hydrogen-bond acceptors (Lipinski definition) is 5. The van der Waals surface area contributed by atoms with E-state index in [-0.39, 0.29) is 23.8 Å². The monoisotopic (exact) mass is 400 g/mol. The number of hydrogen-bond donors (Lipinski definition) is 3. The van der Waals surface area contributed by atoms with Gasteiger partial charge in [0.05, 0.1) is 0 Å². The van der Waals surface area contributed by atoms with Crippen LogP contribution in [-0.4, -0.2) is 46.9 Å². The van der Waals surface area contributed by atoms with Crippen LogP contribution in [0, 0.1) is 12.8 Å². The highest BCUT2D eigenvalue weighted by Gasteiger charge is 2.37. The number of ketones is 1. The van der Waals surface area contributed by atoms with Crippen LogP contribution in [-0.2, 0) is 6.42 Å². The highest BCUT2D eigenvalue weighted by atomic mass is 32.2. The smallest absolute Gasteiger partial charge is 0.169 e. The molecule has 2 aliphatic carbocycles. The molecule has 1 saturated carbocycles. The summed E-state index contributed by atoms with van der Waals surface area (Å²) in [5, 5.41) is 14.1. The quantitative estimate of drug-likeness (QED) is 0.649. The summed E-state index contributed by atoms with van der Waals surface area (Å²) in [5.41, 5.74) is 2.96. The number of aliphatic hydroxyl groups excluding tert-OH is 1. The van der Waals surface area contributed by atoms with Gasteiger partial charge in [-0.2, -0.15) is 0 Å². The Morgan fingerprint density at radius 2 is 2.04 bits per heavy atom. The number of thioether (sulfide) groups is 1. The molecule has 4 rings (SSSR count). The number of aromatic nitrogens is 1. The van der Waals surface area contributed by atoms with E-state index >= 15 is 0 Å². The molecule has 0 saturated heterocycles. The molecule has 28 heavy (non-hydrogen) atoms. The topological polar surface area (TPSA) is 74.3 Å². The van der Waals surface area contributed by atoms with E-state index in [0.29, 0.717) is 6.54 Å². The molecule has 4 unspecified atom stereocenters. The average Bonchev–Trinajstić information content (AvgIpc) is 3.25. The first kappa shape index (κ1) is 19.6. The molecule has 150 valence electrons. The Morgan fingerprint density at radius 3 is 2.79 bits per heavy atom. The van der Waals surface area contributed by atoms with Gasteiger partial charge in [-0.3, -0.25) is 4.79 Å². The molecule has 3 N–H and O–H groups in total. The first-order valence-electron chi connectivity index (χ1n) is 10.00. The van der Waals surface area contributed by atoms with E-state index in [2.05, 4.69) is 10.3 Å². The van der Waals surface area contributed by atoms with Gasteiger partial charge < -0.3 is 20.1 Å². The molecule has 6 heteroatoms. The highest BCUT2D eigenvalue weighted by molar-refractivity contribution is 7.98. The van der Waals surface area contributed by atoms with Crippen molar-refractivity contribution in [3.63, 3.8) is 0 Å². The van der Waals surface area contributed by atoms with Crippen LogP contribution < -0.4 is 10.1 Å². The van der Waals surface area contributed by atoms with Gasteiger partial charge in [0, 0.05) is 40.4 Å². The van der Waals surface area contributed by atoms with Crippen molar-refractivity contribution >= 4 is 17.5 Å². The number of fused-ring (bicyclic) bond motifs is 1. The third kappa shape index (κ3) is 4.00. The number of aliphatic hydroxyl groups is 1. The van der Waals surface area contributed by atoms with Gasteiger partial charge in [0.25, 0.3) is 0 Å². The zero-order valence-corrected chi connectivity index (χ0v) is 17.2. The van der Waals surface area contributed by atoms with E-state index in [1.807, 2.05) is 43.5 Å². The van der Waals surface area contributed by atoms with Crippen LogP contribution in [0.2, 0.25) is 0 Å². The molecule has 0 amide bonds. The molecule has 4 atom stereocenters. The number of rotatable bonds is 6. The van der Waals surface area contributed by atoms with Crippen LogP contribution in [0.1, 0.15) is 41.0 Å². The largest absolute Gasteiger partial charge is 0.488 e. The number of ether oxygens (including phenoxy) is 1. The molecule has 1 heterocycles. The van der Waals surface area contributed by atoms with Crippen LogP contribution in [0.3, 0.4) is 0 Å². The number of aryl methyl sites for hydroxylation is 2. The lowest BCUT2D eigenvalue weighted by Crippen LogP contribution is -2.44. The first-order chi connectivity index (χ1) is 13.5. The molecule has 2 aliphatic rings. The lowest BCUT2D eigenvalue weighted by Gasteiger charge is -2.25. The van der Waals surface area contributed by atoms with Gasteiger partial charge in [-0.05, 0) is 69.2 Å². The Balaban J connectivity index is 1.30. The normalized spacial score (nSPS) is 27.0. The van der Waals surface area contributed by atoms with E-state index in [0.717, 1.165) is 48.4 Å². The summed E-state index contributed by atoms with van der Waals surface area (Å²) in [6.07, 6.45) is 4.69. The van der Waals surface area contributed by atoms with Crippen molar-refractivity contribution < 1.29 is 14.6 Å². The fourth-order valence-electron chi connectivity index (χ4n) is 4.35. The summed E-state index contributed by atoms with van der Waals surface area (Å²) < 4.78 is 6.01. The van der Waals surface area contributed by atoms with Gasteiger partial charge in [-0.1, -0.05) is 0 Å². The summed E-state index contributed by atoms with van der Waals surface area (Å²) in [4.78, 5) is 17.2. The van der Waals surface area contributed by atoms with Gasteiger partial charge in [0.2, 0.25) is 0 Å². The molecule has 5 nitrogen and oxygen atoms in total. The maximum Gasteiger partial charge on any atom is 0.169 e. The molecule has 0 spiro atoms. The number of carbonyl (C=O) groups excluding carboxylic acids is 1. The molecule has 0 radical (unpaired) electrons. The summed E-state index contributed by atoms with van der Waals surface area (Å²) in [5.74, 6) is 0.988. The third-order valence-electron chi connectivity index (χ3n) is 5.94.